The Bertz CT molecular complexity index is 389. The molecule has 0 saturated heterocycles. The van der Waals surface area contributed by atoms with E-state index in [9.17, 15) is 0 Å². The fourth-order valence-corrected chi connectivity index (χ4v) is 1.44. The van der Waals surface area contributed by atoms with Gasteiger partial charge in [0.2, 0.25) is 0 Å². The monoisotopic (exact) mass is 236 g/mol. The number of pyridine rings is 1. The minimum absolute atomic E-state index is 1.09. The summed E-state index contributed by atoms with van der Waals surface area (Å²) in [7, 11) is 2.04. The lowest BCUT2D eigenvalue weighted by molar-refractivity contribution is 0.956. The van der Waals surface area contributed by atoms with Crippen molar-refractivity contribution in [1.82, 2.24) is 9.55 Å². The van der Waals surface area contributed by atoms with Gasteiger partial charge in [0.1, 0.15) is 0 Å². The van der Waals surface area contributed by atoms with Crippen LogP contribution in [0.1, 0.15) is 47.2 Å². The molecule has 2 aromatic rings. The van der Waals surface area contributed by atoms with Gasteiger partial charge in [-0.25, -0.2) is 0 Å². The van der Waals surface area contributed by atoms with Crippen LogP contribution in [0.5, 0.6) is 0 Å². The summed E-state index contributed by atoms with van der Waals surface area (Å²) in [4.78, 5) is 4.22. The second-order valence-electron chi connectivity index (χ2n) is 2.76. The van der Waals surface area contributed by atoms with Crippen molar-refractivity contribution in [2.75, 3.05) is 0 Å². The highest BCUT2D eigenvalue weighted by atomic mass is 14.9. The fraction of sp³-hybridized carbons (Fsp3) is 0.533. The predicted molar refractivity (Wildman–Crippen MR) is 79.5 cm³/mol. The van der Waals surface area contributed by atoms with Gasteiger partial charge >= 0.3 is 0 Å². The molecule has 0 radical (unpaired) electrons. The van der Waals surface area contributed by atoms with E-state index in [0.29, 0.717) is 0 Å². The Labute approximate surface area is 107 Å². The molecule has 0 N–H and O–H groups in total. The van der Waals surface area contributed by atoms with Crippen molar-refractivity contribution in [1.29, 1.82) is 0 Å². The molecule has 17 heavy (non-hydrogen) atoms. The van der Waals surface area contributed by atoms with Crippen LogP contribution in [0.4, 0.5) is 0 Å². The molecule has 2 heterocycles. The third-order valence-corrected chi connectivity index (χ3v) is 1.97. The van der Waals surface area contributed by atoms with E-state index in [0.717, 1.165) is 5.69 Å². The maximum atomic E-state index is 4.22. The van der Waals surface area contributed by atoms with E-state index in [1.54, 1.807) is 0 Å². The van der Waals surface area contributed by atoms with Gasteiger partial charge in [-0.1, -0.05) is 41.5 Å². The van der Waals surface area contributed by atoms with E-state index in [1.165, 1.54) is 10.9 Å². The molecule has 0 saturated carbocycles. The lowest BCUT2D eigenvalue weighted by Crippen LogP contribution is -1.88. The van der Waals surface area contributed by atoms with E-state index < -0.39 is 0 Å². The molecule has 2 nitrogen and oxygen atoms in total. The number of rotatable bonds is 0. The van der Waals surface area contributed by atoms with Gasteiger partial charge in [-0.15, -0.1) is 0 Å². The standard InChI is InChI=1S/C9H10N2.3C2H6/c1-7-9-8(3-5-10-7)4-6-11(9)2;3*1-2/h3-6H,1-2H3;3*1-2H3. The number of fused-ring (bicyclic) bond motifs is 1. The lowest BCUT2D eigenvalue weighted by atomic mass is 10.3. The van der Waals surface area contributed by atoms with Gasteiger partial charge in [-0.3, -0.25) is 4.98 Å². The third kappa shape index (κ3) is 5.03. The molecule has 0 aliphatic heterocycles. The van der Waals surface area contributed by atoms with Gasteiger partial charge in [0.15, 0.2) is 0 Å². The van der Waals surface area contributed by atoms with Crippen LogP contribution in [-0.2, 0) is 7.05 Å². The minimum Gasteiger partial charge on any atom is -0.349 e. The van der Waals surface area contributed by atoms with Crippen LogP contribution in [0, 0.1) is 6.92 Å². The van der Waals surface area contributed by atoms with Crippen LogP contribution in [0.15, 0.2) is 24.5 Å². The highest BCUT2D eigenvalue weighted by Gasteiger charge is 1.99. The third-order valence-electron chi connectivity index (χ3n) is 1.97. The van der Waals surface area contributed by atoms with E-state index in [4.69, 9.17) is 0 Å². The van der Waals surface area contributed by atoms with Crippen LogP contribution < -0.4 is 0 Å². The summed E-state index contributed by atoms with van der Waals surface area (Å²) in [6, 6.07) is 4.13. The highest BCUT2D eigenvalue weighted by Crippen LogP contribution is 2.15. The Hall–Kier alpha value is -1.31. The lowest BCUT2D eigenvalue weighted by Gasteiger charge is -1.98. The first-order valence-electron chi connectivity index (χ1n) is 6.65. The molecule has 0 fully saturated rings. The van der Waals surface area contributed by atoms with E-state index in [-0.39, 0.29) is 0 Å². The van der Waals surface area contributed by atoms with Crippen LogP contribution in [0.25, 0.3) is 10.9 Å². The summed E-state index contributed by atoms with van der Waals surface area (Å²) in [5, 5.41) is 1.26. The molecule has 2 heteroatoms. The number of nitrogens with zero attached hydrogens (tertiary/aromatic N) is 2. The predicted octanol–water partition coefficient (Wildman–Crippen LogP) is 4.96. The Morgan fingerprint density at radius 2 is 1.47 bits per heavy atom. The molecule has 0 aromatic carbocycles. The molecule has 98 valence electrons. The normalized spacial score (nSPS) is 8.00. The van der Waals surface area contributed by atoms with E-state index in [1.807, 2.05) is 67.8 Å². The van der Waals surface area contributed by atoms with Crippen molar-refractivity contribution < 1.29 is 0 Å². The van der Waals surface area contributed by atoms with Crippen molar-refractivity contribution >= 4 is 10.9 Å². The van der Waals surface area contributed by atoms with Crippen LogP contribution in [0.3, 0.4) is 0 Å². The summed E-state index contributed by atoms with van der Waals surface area (Å²) in [5.74, 6) is 0. The average molecular weight is 236 g/mol. The zero-order valence-corrected chi connectivity index (χ0v) is 12.7. The Morgan fingerprint density at radius 3 is 1.94 bits per heavy atom. The van der Waals surface area contributed by atoms with Gasteiger partial charge in [-0.05, 0) is 19.1 Å². The smallest absolute Gasteiger partial charge is 0.0693 e. The Kier molecular flexibility index (Phi) is 11.9. The molecule has 0 aliphatic rings. The molecule has 0 amide bonds. The second kappa shape index (κ2) is 11.2. The molecule has 0 atom stereocenters. The quantitative estimate of drug-likeness (QED) is 0.632. The van der Waals surface area contributed by atoms with Crippen molar-refractivity contribution in [3.05, 3.63) is 30.2 Å². The van der Waals surface area contributed by atoms with Gasteiger partial charge in [0.05, 0.1) is 11.2 Å². The second-order valence-corrected chi connectivity index (χ2v) is 2.76. The highest BCUT2D eigenvalue weighted by molar-refractivity contribution is 5.81. The first kappa shape index (κ1) is 18.1. The van der Waals surface area contributed by atoms with Crippen molar-refractivity contribution in [2.45, 2.75) is 48.5 Å². The summed E-state index contributed by atoms with van der Waals surface area (Å²) in [5.41, 5.74) is 2.32. The van der Waals surface area contributed by atoms with Gasteiger partial charge in [-0.2, -0.15) is 0 Å². The van der Waals surface area contributed by atoms with Crippen molar-refractivity contribution in [2.24, 2.45) is 7.05 Å². The average Bonchev–Trinajstić information content (AvgIpc) is 2.80. The van der Waals surface area contributed by atoms with E-state index >= 15 is 0 Å². The van der Waals surface area contributed by atoms with E-state index in [2.05, 4.69) is 21.8 Å². The SMILES string of the molecule is CC.CC.CC.Cc1nccc2ccn(C)c12. The van der Waals surface area contributed by atoms with Crippen LogP contribution in [-0.4, -0.2) is 9.55 Å². The number of hydrogen-bond acceptors (Lipinski definition) is 1. The number of hydrogen-bond donors (Lipinski definition) is 0. The Balaban J connectivity index is 0. The summed E-state index contributed by atoms with van der Waals surface area (Å²) >= 11 is 0. The largest absolute Gasteiger partial charge is 0.349 e. The first-order valence-corrected chi connectivity index (χ1v) is 6.65. The summed E-state index contributed by atoms with van der Waals surface area (Å²) < 4.78 is 2.09. The van der Waals surface area contributed by atoms with Crippen molar-refractivity contribution in [3.8, 4) is 0 Å². The molecule has 0 bridgehead atoms. The zero-order valence-electron chi connectivity index (χ0n) is 12.7. The first-order chi connectivity index (χ1) is 8.29. The van der Waals surface area contributed by atoms with Crippen LogP contribution in [0.2, 0.25) is 0 Å². The molecule has 0 aliphatic carbocycles. The van der Waals surface area contributed by atoms with Crippen molar-refractivity contribution in [3.63, 3.8) is 0 Å². The number of aryl methyl sites for hydroxylation is 2. The minimum atomic E-state index is 1.09. The molecule has 2 rings (SSSR count). The molecule has 2 aromatic heterocycles. The maximum Gasteiger partial charge on any atom is 0.0693 e. The van der Waals surface area contributed by atoms with Gasteiger partial charge in [0, 0.05) is 24.8 Å². The number of aromatic nitrogens is 2. The topological polar surface area (TPSA) is 17.8 Å². The summed E-state index contributed by atoms with van der Waals surface area (Å²) in [6.07, 6.45) is 3.90. The van der Waals surface area contributed by atoms with Gasteiger partial charge in [0.25, 0.3) is 0 Å². The summed E-state index contributed by atoms with van der Waals surface area (Å²) in [6.45, 7) is 14.0. The fourth-order valence-electron chi connectivity index (χ4n) is 1.44. The Morgan fingerprint density at radius 1 is 0.941 bits per heavy atom. The van der Waals surface area contributed by atoms with Crippen LogP contribution >= 0.6 is 0 Å². The van der Waals surface area contributed by atoms with Gasteiger partial charge < -0.3 is 4.57 Å². The molecule has 0 spiro atoms. The zero-order chi connectivity index (χ0) is 13.8. The molecule has 0 unspecified atom stereocenters. The maximum absolute atomic E-state index is 4.22. The molecular formula is C15H28N2. The molecular weight excluding hydrogens is 208 g/mol.